The Morgan fingerprint density at radius 2 is 1.90 bits per heavy atom. The van der Waals surface area contributed by atoms with Crippen LogP contribution in [-0.2, 0) is 0 Å². The highest BCUT2D eigenvalue weighted by molar-refractivity contribution is 7.13. The maximum Gasteiger partial charge on any atom is 0.346 e. The summed E-state index contributed by atoms with van der Waals surface area (Å²) in [5, 5.41) is 31.1. The molecule has 1 heterocycles. The van der Waals surface area contributed by atoms with Gasteiger partial charge in [-0.3, -0.25) is 30.3 Å². The number of nitro benzene ring substituents is 2. The molecule has 11 heteroatoms. The van der Waals surface area contributed by atoms with Crippen molar-refractivity contribution in [2.24, 2.45) is 0 Å². The Bertz CT molecular complexity index is 686. The van der Waals surface area contributed by atoms with Gasteiger partial charge < -0.3 is 0 Å². The van der Waals surface area contributed by atoms with Crippen molar-refractivity contribution < 1.29 is 14.6 Å². The first-order chi connectivity index (χ1) is 9.49. The lowest BCUT2D eigenvalue weighted by Crippen LogP contribution is -2.12. The zero-order valence-electron chi connectivity index (χ0n) is 9.55. The second kappa shape index (κ2) is 5.36. The van der Waals surface area contributed by atoms with Gasteiger partial charge >= 0.3 is 11.4 Å². The molecule has 0 aliphatic carbocycles. The summed E-state index contributed by atoms with van der Waals surface area (Å²) in [5.74, 6) is -0.667. The Balaban J connectivity index is 2.33. The number of nitrogens with one attached hydrogen (secondary N) is 1. The number of hydrogen-bond acceptors (Lipinski definition) is 8. The van der Waals surface area contributed by atoms with Crippen molar-refractivity contribution >= 4 is 33.8 Å². The van der Waals surface area contributed by atoms with Gasteiger partial charge in [0.15, 0.2) is 0 Å². The van der Waals surface area contributed by atoms with E-state index in [0.29, 0.717) is 0 Å². The van der Waals surface area contributed by atoms with Crippen LogP contribution in [0.3, 0.4) is 0 Å². The minimum Gasteiger partial charge on any atom is -0.296 e. The van der Waals surface area contributed by atoms with Gasteiger partial charge in [-0.1, -0.05) is 11.3 Å². The van der Waals surface area contributed by atoms with E-state index in [1.54, 1.807) is 0 Å². The summed E-state index contributed by atoms with van der Waals surface area (Å²) in [6.45, 7) is 0. The van der Waals surface area contributed by atoms with Crippen molar-refractivity contribution in [3.05, 3.63) is 49.5 Å². The molecular formula is C9H5N5O5S. The predicted octanol–water partition coefficient (Wildman–Crippen LogP) is 1.61. The molecule has 0 aliphatic rings. The van der Waals surface area contributed by atoms with Crippen molar-refractivity contribution in [3.8, 4) is 0 Å². The molecule has 0 radical (unpaired) electrons. The van der Waals surface area contributed by atoms with Crippen molar-refractivity contribution in [2.75, 3.05) is 5.32 Å². The molecule has 10 nitrogen and oxygen atoms in total. The zero-order valence-corrected chi connectivity index (χ0v) is 10.4. The molecule has 0 atom stereocenters. The van der Waals surface area contributed by atoms with Gasteiger partial charge in [0.1, 0.15) is 5.51 Å². The summed E-state index contributed by atoms with van der Waals surface area (Å²) in [5.41, 5.74) is -0.117. The fraction of sp³-hybridized carbons (Fsp3) is 0. The number of carbonyl (C=O) groups is 1. The quantitative estimate of drug-likeness (QED) is 0.666. The molecule has 0 saturated heterocycles. The van der Waals surface area contributed by atoms with Gasteiger partial charge in [0.05, 0.1) is 9.85 Å². The Hall–Kier alpha value is -2.95. The van der Waals surface area contributed by atoms with Crippen LogP contribution >= 0.6 is 11.3 Å². The molecule has 1 aromatic heterocycles. The zero-order chi connectivity index (χ0) is 14.7. The standard InChI is InChI=1S/C9H5N5O5S/c15-8(11-9-12-10-4-20-9)5-1-2-6(13(16)17)7(3-5)14(18)19/h1-4H,(H,11,12,15). The van der Waals surface area contributed by atoms with Crippen LogP contribution in [0.1, 0.15) is 10.4 Å². The van der Waals surface area contributed by atoms with Crippen molar-refractivity contribution in [1.82, 2.24) is 10.2 Å². The maximum absolute atomic E-state index is 11.8. The molecule has 20 heavy (non-hydrogen) atoms. The van der Waals surface area contributed by atoms with E-state index < -0.39 is 27.1 Å². The minimum absolute atomic E-state index is 0.0856. The predicted molar refractivity (Wildman–Crippen MR) is 67.6 cm³/mol. The lowest BCUT2D eigenvalue weighted by atomic mass is 10.1. The number of hydrogen-bond donors (Lipinski definition) is 1. The fourth-order valence-corrected chi connectivity index (χ4v) is 1.80. The second-order valence-corrected chi connectivity index (χ2v) is 4.25. The van der Waals surface area contributed by atoms with Crippen LogP contribution in [0.5, 0.6) is 0 Å². The number of aromatic nitrogens is 2. The summed E-state index contributed by atoms with van der Waals surface area (Å²) in [4.78, 5) is 31.4. The molecule has 2 aromatic rings. The van der Waals surface area contributed by atoms with Crippen LogP contribution in [-0.4, -0.2) is 26.0 Å². The van der Waals surface area contributed by atoms with Gasteiger partial charge in [-0.2, -0.15) is 0 Å². The van der Waals surface area contributed by atoms with Crippen molar-refractivity contribution in [2.45, 2.75) is 0 Å². The third-order valence-corrected chi connectivity index (χ3v) is 2.82. The van der Waals surface area contributed by atoms with E-state index in [-0.39, 0.29) is 10.7 Å². The minimum atomic E-state index is -0.917. The Labute approximate surface area is 114 Å². The molecular weight excluding hydrogens is 290 g/mol. The van der Waals surface area contributed by atoms with E-state index in [0.717, 1.165) is 29.5 Å². The summed E-state index contributed by atoms with van der Waals surface area (Å²) in [7, 11) is 0. The average molecular weight is 295 g/mol. The first-order valence-corrected chi connectivity index (χ1v) is 5.87. The van der Waals surface area contributed by atoms with Gasteiger partial charge in [-0.15, -0.1) is 10.2 Å². The van der Waals surface area contributed by atoms with Crippen LogP contribution in [0.25, 0.3) is 0 Å². The number of carbonyl (C=O) groups excluding carboxylic acids is 1. The number of rotatable bonds is 4. The second-order valence-electron chi connectivity index (χ2n) is 3.42. The summed E-state index contributed by atoms with van der Waals surface area (Å²) in [6.07, 6.45) is 0. The monoisotopic (exact) mass is 295 g/mol. The van der Waals surface area contributed by atoms with Gasteiger partial charge in [0, 0.05) is 17.7 Å². The highest BCUT2D eigenvalue weighted by Crippen LogP contribution is 2.27. The summed E-state index contributed by atoms with van der Waals surface area (Å²) < 4.78 is 0. The SMILES string of the molecule is O=C(Nc1nncs1)c1ccc([N+](=O)[O-])c([N+](=O)[O-])c1. The molecule has 102 valence electrons. The smallest absolute Gasteiger partial charge is 0.296 e. The number of anilines is 1. The molecule has 0 unspecified atom stereocenters. The van der Waals surface area contributed by atoms with E-state index in [1.165, 1.54) is 5.51 Å². The number of nitrogens with zero attached hydrogens (tertiary/aromatic N) is 4. The van der Waals surface area contributed by atoms with Crippen LogP contribution in [0.2, 0.25) is 0 Å². The van der Waals surface area contributed by atoms with Crippen molar-refractivity contribution in [3.63, 3.8) is 0 Å². The molecule has 0 aliphatic heterocycles. The normalized spacial score (nSPS) is 10.0. The first kappa shape index (κ1) is 13.5. The summed E-state index contributed by atoms with van der Waals surface area (Å²) >= 11 is 1.07. The van der Waals surface area contributed by atoms with Gasteiger partial charge in [0.2, 0.25) is 5.13 Å². The first-order valence-electron chi connectivity index (χ1n) is 4.99. The van der Waals surface area contributed by atoms with Crippen LogP contribution in [0.4, 0.5) is 16.5 Å². The molecule has 1 amide bonds. The highest BCUT2D eigenvalue weighted by atomic mass is 32.1. The van der Waals surface area contributed by atoms with E-state index in [1.807, 2.05) is 0 Å². The Morgan fingerprint density at radius 1 is 1.20 bits per heavy atom. The third-order valence-electron chi connectivity index (χ3n) is 2.21. The maximum atomic E-state index is 11.8. The number of benzene rings is 1. The van der Waals surface area contributed by atoms with E-state index >= 15 is 0 Å². The molecule has 2 rings (SSSR count). The lowest BCUT2D eigenvalue weighted by Gasteiger charge is -2.01. The van der Waals surface area contributed by atoms with Crippen molar-refractivity contribution in [1.29, 1.82) is 0 Å². The lowest BCUT2D eigenvalue weighted by molar-refractivity contribution is -0.422. The Kier molecular flexibility index (Phi) is 3.61. The van der Waals surface area contributed by atoms with E-state index in [2.05, 4.69) is 15.5 Å². The Morgan fingerprint density at radius 3 is 2.45 bits per heavy atom. The van der Waals surface area contributed by atoms with Gasteiger partial charge in [0.25, 0.3) is 5.91 Å². The van der Waals surface area contributed by atoms with E-state index in [9.17, 15) is 25.0 Å². The molecule has 0 bridgehead atoms. The highest BCUT2D eigenvalue weighted by Gasteiger charge is 2.25. The molecule has 1 N–H and O–H groups in total. The largest absolute Gasteiger partial charge is 0.346 e. The van der Waals surface area contributed by atoms with Crippen LogP contribution in [0, 0.1) is 20.2 Å². The average Bonchev–Trinajstić information content (AvgIpc) is 2.90. The fourth-order valence-electron chi connectivity index (χ4n) is 1.36. The van der Waals surface area contributed by atoms with E-state index in [4.69, 9.17) is 0 Å². The molecule has 1 aromatic carbocycles. The molecule has 0 spiro atoms. The molecule has 0 saturated carbocycles. The summed E-state index contributed by atoms with van der Waals surface area (Å²) in [6, 6.07) is 2.88. The number of nitro groups is 2. The third kappa shape index (κ3) is 2.72. The molecule has 0 fully saturated rings. The number of amides is 1. The van der Waals surface area contributed by atoms with Crippen LogP contribution in [0.15, 0.2) is 23.7 Å². The van der Waals surface area contributed by atoms with Crippen LogP contribution < -0.4 is 5.32 Å². The topological polar surface area (TPSA) is 141 Å². The van der Waals surface area contributed by atoms with Gasteiger partial charge in [-0.05, 0) is 6.07 Å². The van der Waals surface area contributed by atoms with Gasteiger partial charge in [-0.25, -0.2) is 0 Å².